The zero-order valence-corrected chi connectivity index (χ0v) is 15.8. The first kappa shape index (κ1) is 18.3. The summed E-state index contributed by atoms with van der Waals surface area (Å²) in [6.07, 6.45) is 3.27. The molecule has 3 rings (SSSR count). The van der Waals surface area contributed by atoms with E-state index in [0.29, 0.717) is 17.2 Å². The Morgan fingerprint density at radius 3 is 2.61 bits per heavy atom. The summed E-state index contributed by atoms with van der Waals surface area (Å²) in [4.78, 5) is 34.7. The van der Waals surface area contributed by atoms with Crippen molar-refractivity contribution in [2.75, 3.05) is 6.54 Å². The number of carbonyl (C=O) groups excluding carboxylic acids is 3. The maximum absolute atomic E-state index is 11.8. The summed E-state index contributed by atoms with van der Waals surface area (Å²) >= 11 is 0.864. The van der Waals surface area contributed by atoms with Gasteiger partial charge in [0.05, 0.1) is 4.91 Å². The van der Waals surface area contributed by atoms with Crippen LogP contribution in [0.1, 0.15) is 18.4 Å². The van der Waals surface area contributed by atoms with Crippen molar-refractivity contribution < 1.29 is 51.8 Å². The molecular formula is C15H13N2O4SY-. The first-order chi connectivity index (χ1) is 10.6. The molecule has 1 N–H and O–H groups in total. The normalized spacial score (nSPS) is 21.9. The number of ether oxygens (including phenoxy) is 1. The van der Waals surface area contributed by atoms with Crippen LogP contribution in [0.2, 0.25) is 0 Å². The van der Waals surface area contributed by atoms with Crippen LogP contribution in [0.15, 0.2) is 29.2 Å². The molecule has 8 heteroatoms. The van der Waals surface area contributed by atoms with Gasteiger partial charge in [-0.15, -0.1) is 6.54 Å². The summed E-state index contributed by atoms with van der Waals surface area (Å²) in [5, 5.41) is 5.99. The van der Waals surface area contributed by atoms with E-state index >= 15 is 0 Å². The summed E-state index contributed by atoms with van der Waals surface area (Å²) in [7, 11) is 0. The van der Waals surface area contributed by atoms with Gasteiger partial charge in [0.1, 0.15) is 5.75 Å². The summed E-state index contributed by atoms with van der Waals surface area (Å²) in [6.45, 7) is 0.713. The van der Waals surface area contributed by atoms with E-state index in [-0.39, 0.29) is 50.0 Å². The van der Waals surface area contributed by atoms with E-state index in [1.807, 2.05) is 0 Å². The van der Waals surface area contributed by atoms with E-state index in [0.717, 1.165) is 30.2 Å². The monoisotopic (exact) mass is 406 g/mol. The number of benzene rings is 1. The fraction of sp³-hybridized carbons (Fsp3) is 0.267. The number of hydrogen-bond acceptors (Lipinski definition) is 5. The van der Waals surface area contributed by atoms with Gasteiger partial charge in [0.25, 0.3) is 17.1 Å². The van der Waals surface area contributed by atoms with Crippen LogP contribution in [-0.2, 0) is 42.3 Å². The van der Waals surface area contributed by atoms with Crippen LogP contribution in [0.25, 0.3) is 11.4 Å². The van der Waals surface area contributed by atoms with E-state index < -0.39 is 5.91 Å². The maximum atomic E-state index is 11.8. The van der Waals surface area contributed by atoms with Crippen LogP contribution in [0.5, 0.6) is 5.75 Å². The average molecular weight is 406 g/mol. The Kier molecular flexibility index (Phi) is 6.53. The molecule has 0 saturated carbocycles. The summed E-state index contributed by atoms with van der Waals surface area (Å²) in [5.41, 5.74) is 0.748. The number of hydrogen-bond donors (Lipinski definition) is 1. The van der Waals surface area contributed by atoms with E-state index in [9.17, 15) is 14.4 Å². The van der Waals surface area contributed by atoms with E-state index in [2.05, 4.69) is 10.6 Å². The van der Waals surface area contributed by atoms with Gasteiger partial charge in [-0.3, -0.25) is 19.7 Å². The van der Waals surface area contributed by atoms with Gasteiger partial charge in [-0.1, -0.05) is 25.0 Å². The predicted molar refractivity (Wildman–Crippen MR) is 82.4 cm³/mol. The van der Waals surface area contributed by atoms with Crippen molar-refractivity contribution in [1.29, 1.82) is 0 Å². The Morgan fingerprint density at radius 2 is 2.04 bits per heavy atom. The van der Waals surface area contributed by atoms with Crippen molar-refractivity contribution in [2.24, 2.45) is 0 Å². The molecule has 0 spiro atoms. The third kappa shape index (κ3) is 4.73. The van der Waals surface area contributed by atoms with Crippen LogP contribution in [-0.4, -0.2) is 29.7 Å². The Balaban J connectivity index is 0.00000192. The quantitative estimate of drug-likeness (QED) is 0.474. The molecule has 0 aromatic heterocycles. The molecule has 1 radical (unpaired) electrons. The summed E-state index contributed by atoms with van der Waals surface area (Å²) in [6, 6.07) is 6.39. The molecule has 0 unspecified atom stereocenters. The van der Waals surface area contributed by atoms with E-state index in [1.54, 1.807) is 30.3 Å². The van der Waals surface area contributed by atoms with Gasteiger partial charge in [0.15, 0.2) is 0 Å². The second-order valence-corrected chi connectivity index (χ2v) is 5.92. The molecule has 1 aromatic rings. The smallest absolute Gasteiger partial charge is 0.293 e. The Hall–Kier alpha value is -1.02. The Bertz CT molecular complexity index is 654. The first-order valence-electron chi connectivity index (χ1n) is 6.85. The molecule has 117 valence electrons. The number of thioether (sulfide) groups is 1. The predicted octanol–water partition coefficient (Wildman–Crippen LogP) is 2.45. The number of nitrogens with one attached hydrogen (secondary N) is 1. The van der Waals surface area contributed by atoms with Crippen molar-refractivity contribution >= 4 is 35.0 Å². The van der Waals surface area contributed by atoms with Gasteiger partial charge in [-0.2, -0.15) is 0 Å². The van der Waals surface area contributed by atoms with Gasteiger partial charge in [-0.05, 0) is 41.6 Å². The van der Waals surface area contributed by atoms with Gasteiger partial charge < -0.3 is 10.1 Å². The molecule has 2 aliphatic rings. The number of amides is 2. The van der Waals surface area contributed by atoms with Crippen LogP contribution in [0.4, 0.5) is 4.79 Å². The Labute approximate surface area is 162 Å². The maximum Gasteiger partial charge on any atom is 0.293 e. The van der Waals surface area contributed by atoms with Crippen molar-refractivity contribution in [3.63, 3.8) is 0 Å². The fourth-order valence-electron chi connectivity index (χ4n) is 2.20. The molecular weight excluding hydrogens is 393 g/mol. The minimum absolute atomic E-state index is 0. The molecule has 2 fully saturated rings. The molecule has 0 bridgehead atoms. The largest absolute Gasteiger partial charge is 0.650 e. The van der Waals surface area contributed by atoms with Gasteiger partial charge in [-0.25, -0.2) is 0 Å². The van der Waals surface area contributed by atoms with Crippen molar-refractivity contribution in [3.8, 4) is 5.75 Å². The number of nitrogens with zero attached hydrogens (tertiary/aromatic N) is 1. The third-order valence-electron chi connectivity index (χ3n) is 3.30. The minimum Gasteiger partial charge on any atom is -0.650 e. The molecule has 2 heterocycles. The second-order valence-electron chi connectivity index (χ2n) is 4.91. The average Bonchev–Trinajstić information content (AvgIpc) is 3.12. The Morgan fingerprint density at radius 1 is 1.30 bits per heavy atom. The van der Waals surface area contributed by atoms with Gasteiger partial charge in [0.2, 0.25) is 0 Å². The number of esters is 1. The van der Waals surface area contributed by atoms with Crippen molar-refractivity contribution in [2.45, 2.75) is 18.9 Å². The van der Waals surface area contributed by atoms with E-state index in [1.165, 1.54) is 0 Å². The second kappa shape index (κ2) is 8.19. The number of imide groups is 1. The minimum atomic E-state index is -0.395. The topological polar surface area (TPSA) is 86.6 Å². The van der Waals surface area contributed by atoms with E-state index in [4.69, 9.17) is 4.74 Å². The number of carbonyl (C=O) groups is 3. The molecule has 1 atom stereocenters. The number of rotatable bonds is 3. The molecule has 2 aliphatic heterocycles. The summed E-state index contributed by atoms with van der Waals surface area (Å²) < 4.78 is 5.27. The fourth-order valence-corrected chi connectivity index (χ4v) is 2.89. The molecule has 23 heavy (non-hydrogen) atoms. The molecule has 2 saturated heterocycles. The molecule has 1 aromatic carbocycles. The van der Waals surface area contributed by atoms with Crippen molar-refractivity contribution in [1.82, 2.24) is 5.32 Å². The van der Waals surface area contributed by atoms with Crippen molar-refractivity contribution in [3.05, 3.63) is 40.1 Å². The zero-order chi connectivity index (χ0) is 15.5. The molecule has 2 amide bonds. The van der Waals surface area contributed by atoms with Gasteiger partial charge in [0, 0.05) is 32.7 Å². The van der Waals surface area contributed by atoms with Crippen LogP contribution < -0.4 is 10.1 Å². The van der Waals surface area contributed by atoms with Crippen LogP contribution in [0, 0.1) is 0 Å². The van der Waals surface area contributed by atoms with Crippen LogP contribution in [0.3, 0.4) is 0 Å². The van der Waals surface area contributed by atoms with Crippen LogP contribution >= 0.6 is 11.8 Å². The first-order valence-corrected chi connectivity index (χ1v) is 7.67. The SMILES string of the molecule is O=C1NC(=O)/C(=C/c2ccc(OC(=O)[C@H]3CCC[N-]3)cc2)S1.[Y]. The molecule has 0 aliphatic carbocycles. The molecule has 6 nitrogen and oxygen atoms in total. The zero-order valence-electron chi connectivity index (χ0n) is 12.2. The standard InChI is InChI=1S/C15H13N2O4S.Y/c18-13-12(22-15(20)17-13)8-9-3-5-10(6-4-9)21-14(19)11-2-1-7-16-11;/h3-6,8,11H,1-2,7H2,(H,17,18,20);/q-1;/b12-8-;/t11-;/m1./s1. The third-order valence-corrected chi connectivity index (χ3v) is 4.11. The summed E-state index contributed by atoms with van der Waals surface area (Å²) in [5.74, 6) is -0.290. The van der Waals surface area contributed by atoms with Gasteiger partial charge >= 0.3 is 0 Å².